The number of urea groups is 1. The monoisotopic (exact) mass is 437 g/mol. The minimum absolute atomic E-state index is 0.00317. The molecule has 2 aliphatic heterocycles. The van der Waals surface area contributed by atoms with Crippen LogP contribution in [0.25, 0.3) is 0 Å². The molecule has 1 unspecified atom stereocenters. The zero-order valence-corrected chi connectivity index (χ0v) is 18.5. The Balaban J connectivity index is 1.26. The summed E-state index contributed by atoms with van der Waals surface area (Å²) in [5.41, 5.74) is 1.79. The summed E-state index contributed by atoms with van der Waals surface area (Å²) >= 11 is 0. The number of nitriles is 1. The molecule has 1 atom stereocenters. The Hall–Kier alpha value is -3.02. The highest BCUT2D eigenvalue weighted by atomic mass is 16.5. The van der Waals surface area contributed by atoms with Gasteiger partial charge in [-0.1, -0.05) is 0 Å². The van der Waals surface area contributed by atoms with Crippen LogP contribution in [0, 0.1) is 18.3 Å². The summed E-state index contributed by atoms with van der Waals surface area (Å²) in [7, 11) is 0. The quantitative estimate of drug-likeness (QED) is 0.722. The van der Waals surface area contributed by atoms with E-state index in [4.69, 9.17) is 14.4 Å². The summed E-state index contributed by atoms with van der Waals surface area (Å²) in [6, 6.07) is 13.8. The largest absolute Gasteiger partial charge is 0.465 e. The number of aryl methyl sites for hydroxylation is 1. The predicted octanol–water partition coefficient (Wildman–Crippen LogP) is 2.80. The highest BCUT2D eigenvalue weighted by Gasteiger charge is 2.26. The average Bonchev–Trinajstić information content (AvgIpc) is 3.26. The molecule has 2 saturated heterocycles. The Kier molecular flexibility index (Phi) is 7.30. The number of carbonyl (C=O) groups is 1. The van der Waals surface area contributed by atoms with E-state index in [1.54, 1.807) is 0 Å². The van der Waals surface area contributed by atoms with Gasteiger partial charge in [0.25, 0.3) is 0 Å². The maximum atomic E-state index is 12.6. The van der Waals surface area contributed by atoms with Crippen LogP contribution in [-0.4, -0.2) is 62.9 Å². The van der Waals surface area contributed by atoms with Crippen molar-refractivity contribution in [3.05, 3.63) is 53.5 Å². The maximum absolute atomic E-state index is 12.6. The van der Waals surface area contributed by atoms with E-state index in [1.165, 1.54) is 0 Å². The minimum atomic E-state index is -0.136. The average molecular weight is 438 g/mol. The second-order valence-corrected chi connectivity index (χ2v) is 8.39. The topological polar surface area (TPSA) is 93.8 Å². The van der Waals surface area contributed by atoms with Gasteiger partial charge >= 0.3 is 6.03 Å². The summed E-state index contributed by atoms with van der Waals surface area (Å²) in [6.45, 7) is 7.20. The molecule has 2 fully saturated rings. The number of benzene rings is 1. The Labute approximate surface area is 189 Å². The number of ether oxygens (including phenoxy) is 1. The highest BCUT2D eigenvalue weighted by Crippen LogP contribution is 2.24. The van der Waals surface area contributed by atoms with Crippen LogP contribution >= 0.6 is 0 Å². The number of piperidine rings is 1. The lowest BCUT2D eigenvalue weighted by atomic mass is 10.0. The number of rotatable bonds is 6. The molecule has 2 N–H and O–H groups in total. The molecule has 0 bridgehead atoms. The van der Waals surface area contributed by atoms with Gasteiger partial charge in [-0.3, -0.25) is 4.90 Å². The lowest BCUT2D eigenvalue weighted by Crippen LogP contribution is -2.50. The van der Waals surface area contributed by atoms with Crippen molar-refractivity contribution in [2.75, 3.05) is 50.8 Å². The molecule has 0 saturated carbocycles. The minimum Gasteiger partial charge on any atom is -0.465 e. The Bertz CT molecular complexity index is 922. The summed E-state index contributed by atoms with van der Waals surface area (Å²) < 4.78 is 11.4. The van der Waals surface area contributed by atoms with E-state index in [2.05, 4.69) is 26.5 Å². The second kappa shape index (κ2) is 10.5. The van der Waals surface area contributed by atoms with Crippen molar-refractivity contribution in [3.63, 3.8) is 0 Å². The summed E-state index contributed by atoms with van der Waals surface area (Å²) in [6.07, 6.45) is 1.77. The third-order valence-corrected chi connectivity index (χ3v) is 6.22. The molecule has 4 rings (SSSR count). The van der Waals surface area contributed by atoms with Crippen LogP contribution in [0.5, 0.6) is 0 Å². The molecular weight excluding hydrogens is 406 g/mol. The molecule has 8 heteroatoms. The number of anilines is 1. The molecule has 2 aromatic rings. The van der Waals surface area contributed by atoms with E-state index in [-0.39, 0.29) is 18.1 Å². The summed E-state index contributed by atoms with van der Waals surface area (Å²) in [4.78, 5) is 17.2. The Morgan fingerprint density at radius 2 is 1.84 bits per heavy atom. The van der Waals surface area contributed by atoms with Gasteiger partial charge in [-0.05, 0) is 56.2 Å². The van der Waals surface area contributed by atoms with Crippen molar-refractivity contribution < 1.29 is 13.9 Å². The van der Waals surface area contributed by atoms with Crippen molar-refractivity contribution in [1.82, 2.24) is 15.5 Å². The van der Waals surface area contributed by atoms with Gasteiger partial charge in [0, 0.05) is 44.5 Å². The van der Waals surface area contributed by atoms with Gasteiger partial charge in [-0.2, -0.15) is 5.26 Å². The van der Waals surface area contributed by atoms with Crippen LogP contribution in [0.3, 0.4) is 0 Å². The van der Waals surface area contributed by atoms with Crippen LogP contribution in [0.2, 0.25) is 0 Å². The zero-order chi connectivity index (χ0) is 22.3. The van der Waals surface area contributed by atoms with Crippen LogP contribution in [-0.2, 0) is 4.74 Å². The van der Waals surface area contributed by atoms with Crippen LogP contribution < -0.4 is 15.5 Å². The predicted molar refractivity (Wildman–Crippen MR) is 122 cm³/mol. The van der Waals surface area contributed by atoms with E-state index >= 15 is 0 Å². The maximum Gasteiger partial charge on any atom is 0.315 e. The second-order valence-electron chi connectivity index (χ2n) is 8.39. The fourth-order valence-electron chi connectivity index (χ4n) is 4.39. The normalized spacial score (nSPS) is 18.7. The number of hydrogen-bond donors (Lipinski definition) is 2. The number of nitrogens with zero attached hydrogens (tertiary/aromatic N) is 3. The first kappa shape index (κ1) is 22.2. The molecule has 2 aliphatic rings. The third-order valence-electron chi connectivity index (χ3n) is 6.22. The van der Waals surface area contributed by atoms with Gasteiger partial charge in [0.15, 0.2) is 0 Å². The van der Waals surface area contributed by atoms with Gasteiger partial charge < -0.3 is 24.7 Å². The first-order valence-electron chi connectivity index (χ1n) is 11.3. The first-order valence-corrected chi connectivity index (χ1v) is 11.3. The summed E-state index contributed by atoms with van der Waals surface area (Å²) in [5, 5.41) is 15.1. The van der Waals surface area contributed by atoms with E-state index in [0.717, 1.165) is 56.2 Å². The first-order chi connectivity index (χ1) is 15.6. The van der Waals surface area contributed by atoms with E-state index in [9.17, 15) is 4.79 Å². The van der Waals surface area contributed by atoms with Crippen LogP contribution in [0.15, 0.2) is 40.8 Å². The standard InChI is InChI=1S/C24H31N5O3/c1-18-2-7-23(32-18)22(29-12-14-31-15-13-29)17-26-24(30)27-20-8-10-28(11-9-20)21-5-3-19(16-25)4-6-21/h2-7,20,22H,8-15,17H2,1H3,(H2,26,27,30). The van der Waals surface area contributed by atoms with Crippen LogP contribution in [0.4, 0.5) is 10.5 Å². The van der Waals surface area contributed by atoms with Crippen molar-refractivity contribution in [1.29, 1.82) is 5.26 Å². The lowest BCUT2D eigenvalue weighted by Gasteiger charge is -2.35. The van der Waals surface area contributed by atoms with Crippen molar-refractivity contribution in [3.8, 4) is 6.07 Å². The Morgan fingerprint density at radius 3 is 2.47 bits per heavy atom. The van der Waals surface area contributed by atoms with Gasteiger partial charge in [0.1, 0.15) is 11.5 Å². The summed E-state index contributed by atoms with van der Waals surface area (Å²) in [5.74, 6) is 1.75. The highest BCUT2D eigenvalue weighted by molar-refractivity contribution is 5.74. The Morgan fingerprint density at radius 1 is 1.12 bits per heavy atom. The number of carbonyl (C=O) groups excluding carboxylic acids is 1. The fraction of sp³-hybridized carbons (Fsp3) is 0.500. The van der Waals surface area contributed by atoms with E-state index < -0.39 is 0 Å². The van der Waals surface area contributed by atoms with E-state index in [0.29, 0.717) is 25.3 Å². The number of nitrogens with one attached hydrogen (secondary N) is 2. The molecule has 3 heterocycles. The molecule has 1 aromatic heterocycles. The van der Waals surface area contributed by atoms with Crippen molar-refractivity contribution in [2.24, 2.45) is 0 Å². The molecular formula is C24H31N5O3. The third kappa shape index (κ3) is 5.61. The van der Waals surface area contributed by atoms with Crippen molar-refractivity contribution in [2.45, 2.75) is 31.8 Å². The zero-order valence-electron chi connectivity index (χ0n) is 18.5. The molecule has 1 aromatic carbocycles. The number of morpholine rings is 1. The van der Waals surface area contributed by atoms with Crippen molar-refractivity contribution >= 4 is 11.7 Å². The fourth-order valence-corrected chi connectivity index (χ4v) is 4.39. The number of furan rings is 1. The molecule has 0 radical (unpaired) electrons. The smallest absolute Gasteiger partial charge is 0.315 e. The van der Waals surface area contributed by atoms with Gasteiger partial charge in [0.2, 0.25) is 0 Å². The molecule has 0 spiro atoms. The van der Waals surface area contributed by atoms with Gasteiger partial charge in [-0.15, -0.1) is 0 Å². The van der Waals surface area contributed by atoms with Gasteiger partial charge in [-0.25, -0.2) is 4.79 Å². The molecule has 0 aliphatic carbocycles. The SMILES string of the molecule is Cc1ccc(C(CNC(=O)NC2CCN(c3ccc(C#N)cc3)CC2)N2CCOCC2)o1. The number of amides is 2. The van der Waals surface area contributed by atoms with E-state index in [1.807, 2.05) is 43.3 Å². The molecule has 170 valence electrons. The van der Waals surface area contributed by atoms with Crippen LogP contribution in [0.1, 0.15) is 36.0 Å². The van der Waals surface area contributed by atoms with Gasteiger partial charge in [0.05, 0.1) is 30.9 Å². The number of hydrogen-bond acceptors (Lipinski definition) is 6. The molecule has 2 amide bonds. The lowest BCUT2D eigenvalue weighted by molar-refractivity contribution is 0.0121. The molecule has 8 nitrogen and oxygen atoms in total. The molecule has 32 heavy (non-hydrogen) atoms.